The second kappa shape index (κ2) is 9.03. The molecule has 0 radical (unpaired) electrons. The Morgan fingerprint density at radius 3 is 2.61 bits per heavy atom. The van der Waals surface area contributed by atoms with Crippen LogP contribution in [0.3, 0.4) is 0 Å². The fraction of sp³-hybridized carbons (Fsp3) is 0.450. The van der Waals surface area contributed by atoms with E-state index in [0.29, 0.717) is 17.6 Å². The van der Waals surface area contributed by atoms with Gasteiger partial charge in [0.2, 0.25) is 0 Å². The van der Waals surface area contributed by atoms with E-state index in [0.717, 1.165) is 23.6 Å². The normalized spacial score (nSPS) is 15.8. The number of allylic oxidation sites excluding steroid dienone is 1. The minimum absolute atomic E-state index is 0.216. The van der Waals surface area contributed by atoms with Gasteiger partial charge in [0, 0.05) is 6.08 Å². The Kier molecular flexibility index (Phi) is 6.99. The Morgan fingerprint density at radius 2 is 2.00 bits per heavy atom. The summed E-state index contributed by atoms with van der Waals surface area (Å²) in [4.78, 5) is 24.7. The predicted octanol–water partition coefficient (Wildman–Crippen LogP) is 4.62. The molecule has 1 heterocycles. The van der Waals surface area contributed by atoms with Crippen LogP contribution in [-0.2, 0) is 20.5 Å². The smallest absolute Gasteiger partial charge is 0.416 e. The van der Waals surface area contributed by atoms with E-state index >= 15 is 0 Å². The maximum atomic E-state index is 13.2. The van der Waals surface area contributed by atoms with E-state index in [9.17, 15) is 22.8 Å². The van der Waals surface area contributed by atoms with Gasteiger partial charge in [-0.1, -0.05) is 25.0 Å². The van der Waals surface area contributed by atoms with E-state index in [1.165, 1.54) is 18.4 Å². The number of carbonyl (C=O) groups excluding carboxylic acids is 2. The molecule has 0 spiro atoms. The Hall–Kier alpha value is -2.64. The number of ether oxygens (including phenoxy) is 1. The molecule has 1 aliphatic heterocycles. The molecule has 1 atom stereocenters. The van der Waals surface area contributed by atoms with E-state index in [4.69, 9.17) is 4.74 Å². The van der Waals surface area contributed by atoms with Crippen molar-refractivity contribution in [1.82, 2.24) is 5.01 Å². The number of alkyl halides is 3. The zero-order valence-electron chi connectivity index (χ0n) is 16.0. The van der Waals surface area contributed by atoms with Crippen molar-refractivity contribution in [2.45, 2.75) is 52.3 Å². The highest BCUT2D eigenvalue weighted by atomic mass is 19.4. The molecular weight excluding hydrogens is 373 g/mol. The van der Waals surface area contributed by atoms with Gasteiger partial charge in [-0.2, -0.15) is 18.3 Å². The number of rotatable bonds is 6. The van der Waals surface area contributed by atoms with Crippen molar-refractivity contribution in [2.24, 2.45) is 5.10 Å². The average Bonchev–Trinajstić information content (AvgIpc) is 2.60. The summed E-state index contributed by atoms with van der Waals surface area (Å²) < 4.78 is 44.6. The maximum absolute atomic E-state index is 13.2. The molecule has 0 saturated carbocycles. The molecule has 0 aliphatic carbocycles. The van der Waals surface area contributed by atoms with Crippen LogP contribution in [0.2, 0.25) is 0 Å². The number of hydrogen-bond donors (Lipinski definition) is 0. The standard InChI is InChI=1S/C20H23F3N2O3/c1-4-5-8-28-19(27)11-17-16-10-15(20(21,22)23)7-6-14(16)12-24-25(17)18(26)9-13(2)3/h6-7,9-10,12,17H,4-5,8,11H2,1-3H3. The van der Waals surface area contributed by atoms with Crippen molar-refractivity contribution in [3.8, 4) is 0 Å². The first-order valence-electron chi connectivity index (χ1n) is 9.02. The summed E-state index contributed by atoms with van der Waals surface area (Å²) in [5.74, 6) is -1.10. The molecular formula is C20H23F3N2O3. The molecule has 5 nitrogen and oxygen atoms in total. The molecule has 152 valence electrons. The van der Waals surface area contributed by atoms with Crippen LogP contribution in [0.5, 0.6) is 0 Å². The number of nitrogens with zero attached hydrogens (tertiary/aromatic N) is 2. The molecule has 1 unspecified atom stereocenters. The predicted molar refractivity (Wildman–Crippen MR) is 98.5 cm³/mol. The monoisotopic (exact) mass is 396 g/mol. The number of hydrogen-bond acceptors (Lipinski definition) is 4. The van der Waals surface area contributed by atoms with Crippen LogP contribution in [0.4, 0.5) is 13.2 Å². The highest BCUT2D eigenvalue weighted by molar-refractivity contribution is 5.92. The third kappa shape index (κ3) is 5.43. The zero-order valence-corrected chi connectivity index (χ0v) is 16.0. The zero-order chi connectivity index (χ0) is 20.9. The molecule has 1 amide bonds. The molecule has 1 aliphatic rings. The van der Waals surface area contributed by atoms with Gasteiger partial charge >= 0.3 is 12.1 Å². The molecule has 0 saturated heterocycles. The summed E-state index contributed by atoms with van der Waals surface area (Å²) in [6.07, 6.45) is -0.646. The van der Waals surface area contributed by atoms with Gasteiger partial charge in [-0.15, -0.1) is 0 Å². The lowest BCUT2D eigenvalue weighted by atomic mass is 9.94. The van der Waals surface area contributed by atoms with Crippen LogP contribution in [0, 0.1) is 0 Å². The van der Waals surface area contributed by atoms with Crippen LogP contribution in [0.15, 0.2) is 34.9 Å². The highest BCUT2D eigenvalue weighted by Gasteiger charge is 2.35. The Morgan fingerprint density at radius 1 is 1.29 bits per heavy atom. The largest absolute Gasteiger partial charge is 0.466 e. The SMILES string of the molecule is CCCCOC(=O)CC1c2cc(C(F)(F)F)ccc2C=NN1C(=O)C=C(C)C. The second-order valence-corrected chi connectivity index (χ2v) is 6.78. The summed E-state index contributed by atoms with van der Waals surface area (Å²) in [6, 6.07) is 2.24. The summed E-state index contributed by atoms with van der Waals surface area (Å²) >= 11 is 0. The number of unbranched alkanes of at least 4 members (excludes halogenated alkanes) is 1. The third-order valence-corrected chi connectivity index (χ3v) is 4.15. The molecule has 1 aromatic rings. The molecule has 0 fully saturated rings. The molecule has 28 heavy (non-hydrogen) atoms. The quantitative estimate of drug-likeness (QED) is 0.400. The Labute approximate surface area is 161 Å². The van der Waals surface area contributed by atoms with E-state index in [2.05, 4.69) is 5.10 Å². The van der Waals surface area contributed by atoms with Gasteiger partial charge < -0.3 is 4.74 Å². The summed E-state index contributed by atoms with van der Waals surface area (Å²) in [5, 5.41) is 5.11. The Bertz CT molecular complexity index is 796. The van der Waals surface area contributed by atoms with Crippen LogP contribution < -0.4 is 0 Å². The molecule has 2 rings (SSSR count). The van der Waals surface area contributed by atoms with Gasteiger partial charge in [0.05, 0.1) is 30.8 Å². The number of fused-ring (bicyclic) bond motifs is 1. The van der Waals surface area contributed by atoms with Gasteiger partial charge in [0.1, 0.15) is 0 Å². The molecule has 8 heteroatoms. The minimum atomic E-state index is -4.54. The highest BCUT2D eigenvalue weighted by Crippen LogP contribution is 2.36. The van der Waals surface area contributed by atoms with Crippen molar-refractivity contribution in [3.63, 3.8) is 0 Å². The lowest BCUT2D eigenvalue weighted by Crippen LogP contribution is -2.34. The molecule has 0 bridgehead atoms. The first kappa shape index (κ1) is 21.7. The number of hydrazone groups is 1. The number of halogens is 3. The minimum Gasteiger partial charge on any atom is -0.466 e. The van der Waals surface area contributed by atoms with Crippen molar-refractivity contribution in [2.75, 3.05) is 6.61 Å². The van der Waals surface area contributed by atoms with E-state index in [1.54, 1.807) is 13.8 Å². The summed E-state index contributed by atoms with van der Waals surface area (Å²) in [7, 11) is 0. The topological polar surface area (TPSA) is 59.0 Å². The van der Waals surface area contributed by atoms with E-state index in [1.807, 2.05) is 6.92 Å². The van der Waals surface area contributed by atoms with Gasteiger partial charge in [0.25, 0.3) is 5.91 Å². The average molecular weight is 396 g/mol. The molecule has 1 aromatic carbocycles. The first-order valence-corrected chi connectivity index (χ1v) is 9.02. The summed E-state index contributed by atoms with van der Waals surface area (Å²) in [6.45, 7) is 5.60. The van der Waals surface area contributed by atoms with Crippen molar-refractivity contribution < 1.29 is 27.5 Å². The third-order valence-electron chi connectivity index (χ3n) is 4.15. The van der Waals surface area contributed by atoms with Crippen LogP contribution in [-0.4, -0.2) is 29.7 Å². The van der Waals surface area contributed by atoms with Crippen molar-refractivity contribution >= 4 is 18.1 Å². The first-order chi connectivity index (χ1) is 13.1. The number of esters is 1. The number of amides is 1. The lowest BCUT2D eigenvalue weighted by Gasteiger charge is -2.31. The van der Waals surface area contributed by atoms with Crippen LogP contribution in [0.1, 0.15) is 62.8 Å². The van der Waals surface area contributed by atoms with Crippen LogP contribution >= 0.6 is 0 Å². The van der Waals surface area contributed by atoms with Crippen molar-refractivity contribution in [1.29, 1.82) is 0 Å². The Balaban J connectivity index is 2.40. The number of benzene rings is 1. The number of carbonyl (C=O) groups is 2. The summed E-state index contributed by atoms with van der Waals surface area (Å²) in [5.41, 5.74) is 0.508. The maximum Gasteiger partial charge on any atom is 0.416 e. The van der Waals surface area contributed by atoms with Gasteiger partial charge in [-0.05, 0) is 43.5 Å². The van der Waals surface area contributed by atoms with E-state index < -0.39 is 29.7 Å². The fourth-order valence-electron chi connectivity index (χ4n) is 2.76. The second-order valence-electron chi connectivity index (χ2n) is 6.78. The van der Waals surface area contributed by atoms with Gasteiger partial charge in [0.15, 0.2) is 0 Å². The van der Waals surface area contributed by atoms with Crippen LogP contribution in [0.25, 0.3) is 0 Å². The molecule has 0 aromatic heterocycles. The molecule has 0 N–H and O–H groups in total. The fourth-order valence-corrected chi connectivity index (χ4v) is 2.76. The van der Waals surface area contributed by atoms with Gasteiger partial charge in [-0.25, -0.2) is 5.01 Å². The lowest BCUT2D eigenvalue weighted by molar-refractivity contribution is -0.146. The van der Waals surface area contributed by atoms with Gasteiger partial charge in [-0.3, -0.25) is 9.59 Å². The van der Waals surface area contributed by atoms with E-state index in [-0.39, 0.29) is 18.6 Å². The van der Waals surface area contributed by atoms with Crippen molar-refractivity contribution in [3.05, 3.63) is 46.5 Å².